The Morgan fingerprint density at radius 2 is 2.29 bits per heavy atom. The van der Waals surface area contributed by atoms with Gasteiger partial charge in [0, 0.05) is 13.2 Å². The molecule has 2 heterocycles. The fourth-order valence-electron chi connectivity index (χ4n) is 1.22. The molecule has 2 aromatic rings. The number of aromatic nitrogens is 5. The van der Waals surface area contributed by atoms with Crippen LogP contribution < -0.4 is 5.73 Å². The Hall–Kier alpha value is -1.85. The summed E-state index contributed by atoms with van der Waals surface area (Å²) in [5.74, 6) is 0.473. The molecule has 6 heteroatoms. The number of hydrogen-bond acceptors (Lipinski definition) is 4. The van der Waals surface area contributed by atoms with E-state index >= 15 is 0 Å². The van der Waals surface area contributed by atoms with Crippen molar-refractivity contribution in [3.8, 4) is 0 Å². The summed E-state index contributed by atoms with van der Waals surface area (Å²) in [7, 11) is 1.88. The Morgan fingerprint density at radius 1 is 1.50 bits per heavy atom. The third kappa shape index (κ3) is 1.46. The molecule has 0 unspecified atom stereocenters. The lowest BCUT2D eigenvalue weighted by atomic mass is 10.4. The van der Waals surface area contributed by atoms with Crippen LogP contribution in [0.1, 0.15) is 11.4 Å². The van der Waals surface area contributed by atoms with Crippen molar-refractivity contribution in [1.82, 2.24) is 24.8 Å². The smallest absolute Gasteiger partial charge is 0.168 e. The van der Waals surface area contributed by atoms with Crippen molar-refractivity contribution in [2.75, 3.05) is 5.73 Å². The Morgan fingerprint density at radius 3 is 2.79 bits per heavy atom. The summed E-state index contributed by atoms with van der Waals surface area (Å²) >= 11 is 0. The van der Waals surface area contributed by atoms with Gasteiger partial charge in [-0.05, 0) is 13.0 Å². The van der Waals surface area contributed by atoms with Crippen molar-refractivity contribution in [3.05, 3.63) is 23.7 Å². The molecule has 0 aliphatic rings. The fraction of sp³-hybridized carbons (Fsp3) is 0.375. The Kier molecular flexibility index (Phi) is 1.95. The SMILES string of the molecule is Cc1c(N)nnn1Cc1ccn(C)n1. The quantitative estimate of drug-likeness (QED) is 0.724. The second-order valence-corrected chi connectivity index (χ2v) is 3.20. The van der Waals surface area contributed by atoms with Crippen LogP contribution in [-0.2, 0) is 13.6 Å². The normalized spacial score (nSPS) is 10.7. The number of nitrogen functional groups attached to an aromatic ring is 1. The summed E-state index contributed by atoms with van der Waals surface area (Å²) in [6, 6.07) is 1.94. The van der Waals surface area contributed by atoms with Crippen LogP contribution in [-0.4, -0.2) is 24.8 Å². The summed E-state index contributed by atoms with van der Waals surface area (Å²) in [6.07, 6.45) is 1.89. The van der Waals surface area contributed by atoms with Crippen molar-refractivity contribution in [2.24, 2.45) is 7.05 Å². The molecule has 2 rings (SSSR count). The number of nitrogens with zero attached hydrogens (tertiary/aromatic N) is 5. The van der Waals surface area contributed by atoms with Gasteiger partial charge in [-0.1, -0.05) is 5.21 Å². The third-order valence-electron chi connectivity index (χ3n) is 2.10. The Bertz CT molecular complexity index is 440. The predicted molar refractivity (Wildman–Crippen MR) is 51.5 cm³/mol. The van der Waals surface area contributed by atoms with Gasteiger partial charge < -0.3 is 5.73 Å². The van der Waals surface area contributed by atoms with Gasteiger partial charge >= 0.3 is 0 Å². The van der Waals surface area contributed by atoms with Crippen molar-refractivity contribution < 1.29 is 0 Å². The standard InChI is InChI=1S/C8H12N6/c1-6-8(9)10-12-14(6)5-7-3-4-13(2)11-7/h3-4H,5,9H2,1-2H3. The number of nitrogens with two attached hydrogens (primary N) is 1. The van der Waals surface area contributed by atoms with E-state index in [2.05, 4.69) is 15.4 Å². The van der Waals surface area contributed by atoms with E-state index in [1.54, 1.807) is 9.36 Å². The molecular weight excluding hydrogens is 180 g/mol. The largest absolute Gasteiger partial charge is 0.381 e. The van der Waals surface area contributed by atoms with Gasteiger partial charge in [-0.2, -0.15) is 5.10 Å². The van der Waals surface area contributed by atoms with E-state index in [0.717, 1.165) is 11.4 Å². The first kappa shape index (κ1) is 8.74. The van der Waals surface area contributed by atoms with E-state index in [0.29, 0.717) is 12.4 Å². The second-order valence-electron chi connectivity index (χ2n) is 3.20. The summed E-state index contributed by atoms with van der Waals surface area (Å²) < 4.78 is 3.49. The maximum atomic E-state index is 5.58. The van der Waals surface area contributed by atoms with E-state index in [4.69, 9.17) is 5.73 Å². The van der Waals surface area contributed by atoms with Gasteiger partial charge in [0.05, 0.1) is 17.9 Å². The molecule has 0 saturated carbocycles. The minimum atomic E-state index is 0.473. The van der Waals surface area contributed by atoms with Crippen LogP contribution in [0.4, 0.5) is 5.82 Å². The molecule has 6 nitrogen and oxygen atoms in total. The van der Waals surface area contributed by atoms with Crippen LogP contribution in [0.2, 0.25) is 0 Å². The Labute approximate surface area is 81.3 Å². The molecule has 2 N–H and O–H groups in total. The number of rotatable bonds is 2. The van der Waals surface area contributed by atoms with E-state index < -0.39 is 0 Å². The molecule has 74 valence electrons. The van der Waals surface area contributed by atoms with Gasteiger partial charge in [-0.25, -0.2) is 4.68 Å². The van der Waals surface area contributed by atoms with Crippen LogP contribution >= 0.6 is 0 Å². The van der Waals surface area contributed by atoms with Gasteiger partial charge in [-0.15, -0.1) is 5.10 Å². The molecule has 0 radical (unpaired) electrons. The van der Waals surface area contributed by atoms with Gasteiger partial charge in [0.15, 0.2) is 5.82 Å². The highest BCUT2D eigenvalue weighted by atomic mass is 15.4. The number of aryl methyl sites for hydroxylation is 1. The monoisotopic (exact) mass is 192 g/mol. The van der Waals surface area contributed by atoms with Crippen LogP contribution in [0, 0.1) is 6.92 Å². The topological polar surface area (TPSA) is 74.5 Å². The molecular formula is C8H12N6. The zero-order chi connectivity index (χ0) is 10.1. The second kappa shape index (κ2) is 3.13. The summed E-state index contributed by atoms with van der Waals surface area (Å²) in [6.45, 7) is 2.50. The fourth-order valence-corrected chi connectivity index (χ4v) is 1.22. The summed E-state index contributed by atoms with van der Waals surface area (Å²) in [4.78, 5) is 0. The highest BCUT2D eigenvalue weighted by Gasteiger charge is 2.06. The zero-order valence-electron chi connectivity index (χ0n) is 8.18. The van der Waals surface area contributed by atoms with Crippen LogP contribution in [0.3, 0.4) is 0 Å². The number of hydrogen-bond donors (Lipinski definition) is 1. The van der Waals surface area contributed by atoms with E-state index in [1.807, 2.05) is 26.2 Å². The maximum Gasteiger partial charge on any atom is 0.168 e. The average Bonchev–Trinajstić information content (AvgIpc) is 2.67. The molecule has 14 heavy (non-hydrogen) atoms. The van der Waals surface area contributed by atoms with E-state index in [-0.39, 0.29) is 0 Å². The summed E-state index contributed by atoms with van der Waals surface area (Å²) in [5, 5.41) is 11.9. The maximum absolute atomic E-state index is 5.58. The highest BCUT2D eigenvalue weighted by Crippen LogP contribution is 2.06. The van der Waals surface area contributed by atoms with E-state index in [1.165, 1.54) is 0 Å². The molecule has 0 saturated heterocycles. The first-order valence-electron chi connectivity index (χ1n) is 4.31. The minimum absolute atomic E-state index is 0.473. The molecule has 0 fully saturated rings. The van der Waals surface area contributed by atoms with Crippen molar-refractivity contribution in [1.29, 1.82) is 0 Å². The van der Waals surface area contributed by atoms with Crippen molar-refractivity contribution >= 4 is 5.82 Å². The molecule has 0 spiro atoms. The molecule has 0 bridgehead atoms. The van der Waals surface area contributed by atoms with E-state index in [9.17, 15) is 0 Å². The molecule has 0 amide bonds. The first-order chi connectivity index (χ1) is 6.66. The lowest BCUT2D eigenvalue weighted by Gasteiger charge is -1.99. The van der Waals surface area contributed by atoms with Crippen LogP contribution in [0.25, 0.3) is 0 Å². The Balaban J connectivity index is 2.22. The zero-order valence-corrected chi connectivity index (χ0v) is 8.18. The highest BCUT2D eigenvalue weighted by molar-refractivity contribution is 5.31. The van der Waals surface area contributed by atoms with Crippen molar-refractivity contribution in [2.45, 2.75) is 13.5 Å². The molecule has 0 aliphatic heterocycles. The minimum Gasteiger partial charge on any atom is -0.381 e. The molecule has 0 aromatic carbocycles. The summed E-state index contributed by atoms with van der Waals surface area (Å²) in [5.41, 5.74) is 7.40. The average molecular weight is 192 g/mol. The molecule has 0 aliphatic carbocycles. The predicted octanol–water partition coefficient (Wildman–Crippen LogP) is -0.0495. The third-order valence-corrected chi connectivity index (χ3v) is 2.10. The number of anilines is 1. The van der Waals surface area contributed by atoms with Crippen LogP contribution in [0.15, 0.2) is 12.3 Å². The van der Waals surface area contributed by atoms with Gasteiger partial charge in [0.2, 0.25) is 0 Å². The lowest BCUT2D eigenvalue weighted by Crippen LogP contribution is -2.05. The van der Waals surface area contributed by atoms with Gasteiger partial charge in [0.25, 0.3) is 0 Å². The lowest BCUT2D eigenvalue weighted by molar-refractivity contribution is 0.611. The molecule has 0 atom stereocenters. The van der Waals surface area contributed by atoms with Crippen LogP contribution in [0.5, 0.6) is 0 Å². The van der Waals surface area contributed by atoms with Gasteiger partial charge in [0.1, 0.15) is 0 Å². The van der Waals surface area contributed by atoms with Gasteiger partial charge in [-0.3, -0.25) is 4.68 Å². The molecule has 2 aromatic heterocycles. The first-order valence-corrected chi connectivity index (χ1v) is 4.31. The van der Waals surface area contributed by atoms with Crippen molar-refractivity contribution in [3.63, 3.8) is 0 Å².